The standard InChI is InChI=1S/C35H39N.C34H37N.C33H35N/c1-33(2,3)31-22-28-27-16-12-13-17-29(27)35(7,8)30(28)23-32(31)36(34(4,5)6)26-20-18-25(19-21-26)24-14-10-9-11-15-24;1-23(2)28-21-29-27-15-11-12-16-30(27)34(6,7)31(29)22-32(28)35(33(3,4)5)26-19-17-25(18-20-26)24-13-9-8-10-14-24;1-7-23-21-28-27-15-11-12-16-29(27)33(5,6)30(28)22-31(23)34(32(2,3)4)26-19-17-25(18-20-26)24-13-9-8-10-14-24/h9-23H,1-8H3;8-23H,1-7H3;8-22H,7H2,1-6H3. The van der Waals surface area contributed by atoms with Gasteiger partial charge in [-0.2, -0.15) is 0 Å². The molecular formula is C102H111N3. The largest absolute Gasteiger partial charge is 0.336 e. The van der Waals surface area contributed by atoms with Crippen LogP contribution in [0.5, 0.6) is 0 Å². The molecule has 12 aromatic carbocycles. The molecule has 3 aliphatic rings. The molecule has 0 aliphatic heterocycles. The number of aryl methyl sites for hydroxylation is 1. The van der Waals surface area contributed by atoms with Crippen LogP contribution in [0.2, 0.25) is 0 Å². The van der Waals surface area contributed by atoms with E-state index in [0.717, 1.165) is 6.42 Å². The van der Waals surface area contributed by atoms with Crippen LogP contribution in [-0.4, -0.2) is 16.6 Å². The van der Waals surface area contributed by atoms with Gasteiger partial charge in [-0.25, -0.2) is 0 Å². The fraction of sp³-hybridized carbons (Fsp3) is 0.294. The predicted molar refractivity (Wildman–Crippen MR) is 455 cm³/mol. The van der Waals surface area contributed by atoms with E-state index in [4.69, 9.17) is 0 Å². The summed E-state index contributed by atoms with van der Waals surface area (Å²) in [5.74, 6) is 0.416. The van der Waals surface area contributed by atoms with Crippen molar-refractivity contribution >= 4 is 34.1 Å². The van der Waals surface area contributed by atoms with Gasteiger partial charge in [0.25, 0.3) is 0 Å². The molecule has 0 bridgehead atoms. The Balaban J connectivity index is 0.000000140. The maximum absolute atomic E-state index is 2.54. The van der Waals surface area contributed by atoms with Crippen LogP contribution in [0.15, 0.2) is 273 Å². The summed E-state index contributed by atoms with van der Waals surface area (Å²) in [7, 11) is 0. The Morgan fingerprint density at radius 3 is 0.876 bits per heavy atom. The van der Waals surface area contributed by atoms with Crippen molar-refractivity contribution in [2.75, 3.05) is 14.7 Å². The lowest BCUT2D eigenvalue weighted by molar-refractivity contribution is 0.542. The maximum atomic E-state index is 2.54. The highest BCUT2D eigenvalue weighted by molar-refractivity contribution is 5.89. The summed E-state index contributed by atoms with van der Waals surface area (Å²) in [6, 6.07) is 101. The van der Waals surface area contributed by atoms with Crippen molar-refractivity contribution in [3.05, 3.63) is 323 Å². The summed E-state index contributed by atoms with van der Waals surface area (Å²) < 4.78 is 0. The number of rotatable bonds is 11. The first-order valence-electron chi connectivity index (χ1n) is 38.4. The first-order chi connectivity index (χ1) is 49.7. The first kappa shape index (κ1) is 73.4. The number of hydrogen-bond donors (Lipinski definition) is 0. The van der Waals surface area contributed by atoms with Crippen molar-refractivity contribution in [2.24, 2.45) is 0 Å². The fourth-order valence-electron chi connectivity index (χ4n) is 17.2. The molecule has 0 saturated heterocycles. The fourth-order valence-corrected chi connectivity index (χ4v) is 17.2. The van der Waals surface area contributed by atoms with E-state index in [-0.39, 0.29) is 38.3 Å². The van der Waals surface area contributed by atoms with Crippen LogP contribution < -0.4 is 14.7 Å². The Hall–Kier alpha value is -9.96. The first-order valence-corrected chi connectivity index (χ1v) is 38.4. The van der Waals surface area contributed by atoms with Crippen molar-refractivity contribution in [1.29, 1.82) is 0 Å². The lowest BCUT2D eigenvalue weighted by Gasteiger charge is -2.41. The Labute approximate surface area is 630 Å². The number of hydrogen-bond acceptors (Lipinski definition) is 3. The predicted octanol–water partition coefficient (Wildman–Crippen LogP) is 28.8. The zero-order chi connectivity index (χ0) is 74.9. The second-order valence-electron chi connectivity index (χ2n) is 35.4. The summed E-state index contributed by atoms with van der Waals surface area (Å²) in [6.45, 7) is 48.9. The summed E-state index contributed by atoms with van der Waals surface area (Å²) in [6.07, 6.45) is 1.000. The van der Waals surface area contributed by atoms with Gasteiger partial charge in [-0.15, -0.1) is 0 Å². The molecule has 0 spiro atoms. The lowest BCUT2D eigenvalue weighted by Crippen LogP contribution is -2.39. The minimum absolute atomic E-state index is 0.000477. The van der Waals surface area contributed by atoms with E-state index in [9.17, 15) is 0 Å². The van der Waals surface area contributed by atoms with Gasteiger partial charge in [0.2, 0.25) is 0 Å². The monoisotopic (exact) mass is 1380 g/mol. The van der Waals surface area contributed by atoms with Crippen LogP contribution in [0, 0.1) is 0 Å². The molecule has 3 aliphatic carbocycles. The molecule has 0 fully saturated rings. The van der Waals surface area contributed by atoms with Crippen LogP contribution in [-0.2, 0) is 28.1 Å². The lowest BCUT2D eigenvalue weighted by atomic mass is 9.78. The SMILES string of the molecule is CC(C)(C)c1cc2c(cc1N(c1ccc(-c3ccccc3)cc1)C(C)(C)C)C(C)(C)c1ccccc1-2.CC(C)c1cc2c(cc1N(c1ccc(-c3ccccc3)cc1)C(C)(C)C)C(C)(C)c1ccccc1-2.CCc1cc2c(cc1N(c1ccc(-c3ccccc3)cc1)C(C)(C)C)C(C)(C)c1ccccc1-2. The van der Waals surface area contributed by atoms with Gasteiger partial charge in [0.05, 0.1) is 0 Å². The van der Waals surface area contributed by atoms with Crippen LogP contribution in [0.1, 0.15) is 201 Å². The maximum Gasteiger partial charge on any atom is 0.0457 e. The van der Waals surface area contributed by atoms with Crippen LogP contribution in [0.25, 0.3) is 66.8 Å². The molecule has 12 aromatic rings. The van der Waals surface area contributed by atoms with E-state index in [1.165, 1.54) is 151 Å². The summed E-state index contributed by atoms with van der Waals surface area (Å²) in [5, 5.41) is 0. The highest BCUT2D eigenvalue weighted by Crippen LogP contribution is 2.56. The molecule has 0 atom stereocenters. The van der Waals surface area contributed by atoms with Gasteiger partial charge < -0.3 is 14.7 Å². The van der Waals surface area contributed by atoms with Crippen molar-refractivity contribution < 1.29 is 0 Å². The number of nitrogens with zero attached hydrogens (tertiary/aromatic N) is 3. The highest BCUT2D eigenvalue weighted by atomic mass is 15.2. The van der Waals surface area contributed by atoms with E-state index < -0.39 is 0 Å². The summed E-state index contributed by atoms with van der Waals surface area (Å²) in [5.41, 5.74) is 35.9. The van der Waals surface area contributed by atoms with Crippen LogP contribution in [0.3, 0.4) is 0 Å². The second-order valence-corrected chi connectivity index (χ2v) is 35.4. The molecular weight excluding hydrogens is 1270 g/mol. The third kappa shape index (κ3) is 13.9. The zero-order valence-electron chi connectivity index (χ0n) is 66.6. The van der Waals surface area contributed by atoms with E-state index in [2.05, 4.69) is 433 Å². The minimum atomic E-state index is -0.0991. The average Bonchev–Trinajstić information content (AvgIpc) is 1.60. The second kappa shape index (κ2) is 27.8. The van der Waals surface area contributed by atoms with Crippen molar-refractivity contribution in [3.8, 4) is 66.8 Å². The van der Waals surface area contributed by atoms with Crippen molar-refractivity contribution in [3.63, 3.8) is 0 Å². The molecule has 0 amide bonds. The van der Waals surface area contributed by atoms with Gasteiger partial charge in [0.1, 0.15) is 0 Å². The third-order valence-electron chi connectivity index (χ3n) is 22.5. The molecule has 0 N–H and O–H groups in total. The third-order valence-corrected chi connectivity index (χ3v) is 22.5. The zero-order valence-corrected chi connectivity index (χ0v) is 66.6. The number of anilines is 6. The van der Waals surface area contributed by atoms with E-state index >= 15 is 0 Å². The highest BCUT2D eigenvalue weighted by Gasteiger charge is 2.42. The Kier molecular flexibility index (Phi) is 19.4. The van der Waals surface area contributed by atoms with E-state index in [0.29, 0.717) is 5.92 Å². The molecule has 534 valence electrons. The normalized spacial score (nSPS) is 14.1. The van der Waals surface area contributed by atoms with E-state index in [1.807, 2.05) is 0 Å². The quantitative estimate of drug-likeness (QED) is 0.128. The van der Waals surface area contributed by atoms with E-state index in [1.54, 1.807) is 0 Å². The van der Waals surface area contributed by atoms with Crippen molar-refractivity contribution in [1.82, 2.24) is 0 Å². The van der Waals surface area contributed by atoms with Gasteiger partial charge in [0, 0.05) is 67.0 Å². The van der Waals surface area contributed by atoms with Crippen molar-refractivity contribution in [2.45, 2.75) is 196 Å². The molecule has 3 nitrogen and oxygen atoms in total. The molecule has 0 saturated carbocycles. The number of fused-ring (bicyclic) bond motifs is 9. The van der Waals surface area contributed by atoms with Gasteiger partial charge in [-0.05, 0) is 270 Å². The number of benzene rings is 12. The Bertz CT molecular complexity index is 5100. The van der Waals surface area contributed by atoms with Crippen LogP contribution in [0.4, 0.5) is 34.1 Å². The molecule has 15 rings (SSSR count). The smallest absolute Gasteiger partial charge is 0.0457 e. The molecule has 3 heteroatoms. The topological polar surface area (TPSA) is 9.72 Å². The van der Waals surface area contributed by atoms with Gasteiger partial charge in [-0.3, -0.25) is 0 Å². The van der Waals surface area contributed by atoms with Gasteiger partial charge in [0.15, 0.2) is 0 Å². The summed E-state index contributed by atoms with van der Waals surface area (Å²) in [4.78, 5) is 7.61. The molecule has 0 heterocycles. The van der Waals surface area contributed by atoms with Crippen LogP contribution >= 0.6 is 0 Å². The van der Waals surface area contributed by atoms with Gasteiger partial charge in [-0.1, -0.05) is 283 Å². The molecule has 105 heavy (non-hydrogen) atoms. The minimum Gasteiger partial charge on any atom is -0.336 e. The molecule has 0 unspecified atom stereocenters. The Morgan fingerprint density at radius 1 is 0.276 bits per heavy atom. The molecule has 0 aromatic heterocycles. The van der Waals surface area contributed by atoms with Gasteiger partial charge >= 0.3 is 0 Å². The Morgan fingerprint density at radius 2 is 0.552 bits per heavy atom. The summed E-state index contributed by atoms with van der Waals surface area (Å²) >= 11 is 0. The molecule has 0 radical (unpaired) electrons. The average molecular weight is 1380 g/mol.